The number of benzene rings is 7. The maximum atomic E-state index is 5.13. The van der Waals surface area contributed by atoms with Gasteiger partial charge in [0.05, 0.1) is 22.5 Å². The Hall–Kier alpha value is -6.97. The van der Waals surface area contributed by atoms with Crippen molar-refractivity contribution in [3.63, 3.8) is 0 Å². The molecule has 3 heteroatoms. The maximum Gasteiger partial charge on any atom is 0.126 e. The van der Waals surface area contributed by atoms with E-state index in [9.17, 15) is 0 Å². The Labute approximate surface area is 321 Å². The Morgan fingerprint density at radius 2 is 1.04 bits per heavy atom. The number of nitrogens with zero attached hydrogens (tertiary/aromatic N) is 3. The van der Waals surface area contributed by atoms with Gasteiger partial charge in [0.1, 0.15) is 5.82 Å². The average molecular weight is 704 g/mol. The van der Waals surface area contributed by atoms with Gasteiger partial charge in [-0.3, -0.25) is 4.98 Å². The van der Waals surface area contributed by atoms with Crippen LogP contribution in [0, 0.1) is 13.8 Å². The van der Waals surface area contributed by atoms with Crippen LogP contribution in [0.5, 0.6) is 0 Å². The monoisotopic (exact) mass is 703 g/mol. The minimum Gasteiger partial charge on any atom is -0.256 e. The molecule has 260 valence electrons. The molecule has 7 aromatic carbocycles. The molecule has 9 aromatic rings. The van der Waals surface area contributed by atoms with Crippen LogP contribution in [0.15, 0.2) is 188 Å². The van der Waals surface area contributed by atoms with E-state index in [1.165, 1.54) is 44.2 Å². The van der Waals surface area contributed by atoms with Crippen molar-refractivity contribution in [1.82, 2.24) is 15.0 Å². The summed E-state index contributed by atoms with van der Waals surface area (Å²) in [5, 5.41) is 2.38. The summed E-state index contributed by atoms with van der Waals surface area (Å²) in [4.78, 5) is 14.9. The van der Waals surface area contributed by atoms with Gasteiger partial charge < -0.3 is 0 Å². The molecule has 2 heterocycles. The van der Waals surface area contributed by atoms with Gasteiger partial charge in [0.25, 0.3) is 0 Å². The van der Waals surface area contributed by atoms with Gasteiger partial charge >= 0.3 is 0 Å². The fourth-order valence-corrected chi connectivity index (χ4v) is 8.74. The van der Waals surface area contributed by atoms with Crippen LogP contribution in [-0.4, -0.2) is 15.0 Å². The zero-order valence-electron chi connectivity index (χ0n) is 30.7. The molecule has 55 heavy (non-hydrogen) atoms. The number of hydrogen-bond donors (Lipinski definition) is 0. The molecule has 2 aromatic heterocycles. The van der Waals surface area contributed by atoms with Crippen LogP contribution in [0.25, 0.3) is 66.8 Å². The lowest BCUT2D eigenvalue weighted by molar-refractivity contribution is 0.769. The van der Waals surface area contributed by atoms with Crippen molar-refractivity contribution in [1.29, 1.82) is 0 Å². The molecule has 0 saturated carbocycles. The second kappa shape index (κ2) is 13.2. The van der Waals surface area contributed by atoms with Gasteiger partial charge in [0, 0.05) is 22.9 Å². The molecular formula is C52H37N3. The molecular weight excluding hydrogens is 667 g/mol. The summed E-state index contributed by atoms with van der Waals surface area (Å²) in [6.07, 6.45) is 1.93. The minimum atomic E-state index is -0.574. The average Bonchev–Trinajstić information content (AvgIpc) is 3.55. The fraction of sp³-hybridized carbons (Fsp3) is 0.0577. The number of rotatable bonds is 6. The first-order chi connectivity index (χ1) is 27.1. The zero-order valence-corrected chi connectivity index (χ0v) is 30.7. The topological polar surface area (TPSA) is 38.7 Å². The summed E-state index contributed by atoms with van der Waals surface area (Å²) in [6, 6.07) is 65.9. The predicted molar refractivity (Wildman–Crippen MR) is 226 cm³/mol. The van der Waals surface area contributed by atoms with E-state index in [1.54, 1.807) is 0 Å². The first-order valence-corrected chi connectivity index (χ1v) is 18.8. The van der Waals surface area contributed by atoms with E-state index in [4.69, 9.17) is 15.0 Å². The smallest absolute Gasteiger partial charge is 0.126 e. The minimum absolute atomic E-state index is 0.574. The molecule has 0 aliphatic heterocycles. The summed E-state index contributed by atoms with van der Waals surface area (Å²) in [7, 11) is 0. The van der Waals surface area contributed by atoms with E-state index in [1.807, 2.05) is 13.1 Å². The third-order valence-electron chi connectivity index (χ3n) is 11.2. The van der Waals surface area contributed by atoms with Crippen LogP contribution < -0.4 is 0 Å². The lowest BCUT2D eigenvalue weighted by atomic mass is 9.67. The van der Waals surface area contributed by atoms with Gasteiger partial charge in [-0.05, 0) is 99.0 Å². The van der Waals surface area contributed by atoms with Crippen molar-refractivity contribution in [2.24, 2.45) is 0 Å². The molecule has 0 radical (unpaired) electrons. The summed E-state index contributed by atoms with van der Waals surface area (Å²) < 4.78 is 0. The molecule has 1 aliphatic carbocycles. The molecule has 0 bridgehead atoms. The number of aromatic nitrogens is 3. The molecule has 0 fully saturated rings. The van der Waals surface area contributed by atoms with Gasteiger partial charge in [-0.15, -0.1) is 0 Å². The Morgan fingerprint density at radius 1 is 0.418 bits per heavy atom. The van der Waals surface area contributed by atoms with E-state index >= 15 is 0 Å². The molecule has 0 saturated heterocycles. The number of pyridine rings is 1. The largest absolute Gasteiger partial charge is 0.256 e. The Kier molecular flexibility index (Phi) is 7.81. The van der Waals surface area contributed by atoms with Gasteiger partial charge in [-0.2, -0.15) is 0 Å². The first kappa shape index (κ1) is 32.7. The quantitative estimate of drug-likeness (QED) is 0.173. The Balaban J connectivity index is 1.19. The lowest BCUT2D eigenvalue weighted by Gasteiger charge is -2.34. The van der Waals surface area contributed by atoms with Crippen LogP contribution in [0.2, 0.25) is 0 Å². The van der Waals surface area contributed by atoms with Crippen LogP contribution in [-0.2, 0) is 5.41 Å². The summed E-state index contributed by atoms with van der Waals surface area (Å²) in [5.41, 5.74) is 16.4. The maximum absolute atomic E-state index is 5.13. The van der Waals surface area contributed by atoms with E-state index in [-0.39, 0.29) is 0 Å². The van der Waals surface area contributed by atoms with Crippen LogP contribution in [0.1, 0.15) is 33.6 Å². The second-order valence-corrected chi connectivity index (χ2v) is 14.5. The predicted octanol–water partition coefficient (Wildman–Crippen LogP) is 12.7. The van der Waals surface area contributed by atoms with Gasteiger partial charge in [-0.1, -0.05) is 158 Å². The molecule has 0 spiro atoms. The highest BCUT2D eigenvalue weighted by Crippen LogP contribution is 2.58. The van der Waals surface area contributed by atoms with Crippen LogP contribution >= 0.6 is 0 Å². The van der Waals surface area contributed by atoms with E-state index in [2.05, 4.69) is 189 Å². The van der Waals surface area contributed by atoms with Crippen LogP contribution in [0.3, 0.4) is 0 Å². The number of fused-ring (bicyclic) bond motifs is 4. The molecule has 1 aliphatic rings. The molecule has 3 nitrogen and oxygen atoms in total. The van der Waals surface area contributed by atoms with Crippen molar-refractivity contribution < 1.29 is 0 Å². The van der Waals surface area contributed by atoms with Crippen molar-refractivity contribution in [2.45, 2.75) is 19.3 Å². The summed E-state index contributed by atoms with van der Waals surface area (Å²) >= 11 is 0. The SMILES string of the molecule is Cc1ccc(-c2cccc(-c3cccc(C4(c5ccccc5)c5ccccc5-c5c(-c6cc(-c7cccc8ccccc78)nc(C)n6)cccc54)c3)c2)nc1. The number of hydrogen-bond acceptors (Lipinski definition) is 3. The first-order valence-electron chi connectivity index (χ1n) is 18.8. The van der Waals surface area contributed by atoms with Gasteiger partial charge in [0.2, 0.25) is 0 Å². The normalized spacial score (nSPS) is 14.4. The van der Waals surface area contributed by atoms with Crippen molar-refractivity contribution >= 4 is 10.8 Å². The van der Waals surface area contributed by atoms with E-state index in [0.29, 0.717) is 0 Å². The van der Waals surface area contributed by atoms with Gasteiger partial charge in [-0.25, -0.2) is 9.97 Å². The molecule has 1 atom stereocenters. The van der Waals surface area contributed by atoms with E-state index in [0.717, 1.165) is 56.3 Å². The highest BCUT2D eigenvalue weighted by Gasteiger charge is 2.47. The van der Waals surface area contributed by atoms with Crippen molar-refractivity contribution in [2.75, 3.05) is 0 Å². The Morgan fingerprint density at radius 3 is 1.89 bits per heavy atom. The summed E-state index contributed by atoms with van der Waals surface area (Å²) in [5.74, 6) is 0.745. The van der Waals surface area contributed by atoms with E-state index < -0.39 is 5.41 Å². The molecule has 0 amide bonds. The molecule has 0 N–H and O–H groups in total. The third-order valence-corrected chi connectivity index (χ3v) is 11.2. The highest BCUT2D eigenvalue weighted by atomic mass is 14.9. The zero-order chi connectivity index (χ0) is 36.9. The third kappa shape index (κ3) is 5.39. The van der Waals surface area contributed by atoms with Crippen molar-refractivity contribution in [3.8, 4) is 56.0 Å². The Bertz CT molecular complexity index is 2890. The lowest BCUT2D eigenvalue weighted by Crippen LogP contribution is -2.28. The highest BCUT2D eigenvalue weighted by molar-refractivity contribution is 5.98. The van der Waals surface area contributed by atoms with Crippen molar-refractivity contribution in [3.05, 3.63) is 222 Å². The molecule has 1 unspecified atom stereocenters. The standard InChI is InChI=1S/C52H37N3/c1-34-28-29-48(53-33-34)39-18-10-16-37(30-39)38-17-11-21-41(31-38)52(40-19-4-3-5-20-40)46-26-9-8-23-44(46)51-45(25-13-27-47(51)52)50-32-49(54-35(2)55-50)43-24-12-15-36-14-6-7-22-42(36)43/h3-33H,1-2H3. The number of aryl methyl sites for hydroxylation is 2. The fourth-order valence-electron chi connectivity index (χ4n) is 8.74. The summed E-state index contributed by atoms with van der Waals surface area (Å²) in [6.45, 7) is 4.07. The van der Waals surface area contributed by atoms with Gasteiger partial charge in [0.15, 0.2) is 0 Å². The van der Waals surface area contributed by atoms with Crippen LogP contribution in [0.4, 0.5) is 0 Å². The second-order valence-electron chi connectivity index (χ2n) is 14.5. The molecule has 10 rings (SSSR count).